The summed E-state index contributed by atoms with van der Waals surface area (Å²) < 4.78 is 1.67. The van der Waals surface area contributed by atoms with Crippen molar-refractivity contribution in [3.8, 4) is 0 Å². The van der Waals surface area contributed by atoms with Crippen LogP contribution >= 0.6 is 11.8 Å². The second kappa shape index (κ2) is 8.27. The lowest BCUT2D eigenvalue weighted by Crippen LogP contribution is -2.26. The van der Waals surface area contributed by atoms with Crippen LogP contribution in [0.5, 0.6) is 0 Å². The number of aromatic nitrogens is 3. The average molecular weight is 426 g/mol. The van der Waals surface area contributed by atoms with Gasteiger partial charge in [0, 0.05) is 31.4 Å². The number of nitrogens with zero attached hydrogens (tertiary/aromatic N) is 5. The molecule has 0 atom stereocenters. The number of nitro groups is 1. The van der Waals surface area contributed by atoms with Crippen LogP contribution in [0.1, 0.15) is 36.7 Å². The van der Waals surface area contributed by atoms with E-state index in [1.807, 2.05) is 24.3 Å². The number of carbonyl (C=O) groups is 1. The molecule has 30 heavy (non-hydrogen) atoms. The minimum atomic E-state index is -0.492. The van der Waals surface area contributed by atoms with Crippen molar-refractivity contribution in [2.45, 2.75) is 36.2 Å². The summed E-state index contributed by atoms with van der Waals surface area (Å²) in [5, 5.41) is 19.8. The number of carbonyl (C=O) groups excluding carboxylic acids is 1. The molecule has 2 aromatic carbocycles. The zero-order chi connectivity index (χ0) is 22.1. The van der Waals surface area contributed by atoms with E-state index in [0.717, 1.165) is 17.3 Å². The Balaban J connectivity index is 1.87. The summed E-state index contributed by atoms with van der Waals surface area (Å²) in [5.74, 6) is -0.322. The van der Waals surface area contributed by atoms with E-state index >= 15 is 0 Å². The summed E-state index contributed by atoms with van der Waals surface area (Å²) in [6.45, 7) is 6.36. The topological polar surface area (TPSA) is 94.2 Å². The molecule has 0 spiro atoms. The van der Waals surface area contributed by atoms with E-state index in [4.69, 9.17) is 0 Å². The van der Waals surface area contributed by atoms with Gasteiger partial charge in [-0.1, -0.05) is 32.9 Å². The van der Waals surface area contributed by atoms with Gasteiger partial charge < -0.3 is 9.47 Å². The van der Waals surface area contributed by atoms with E-state index < -0.39 is 4.92 Å². The lowest BCUT2D eigenvalue weighted by Gasteiger charge is -2.22. The molecule has 1 heterocycles. The van der Waals surface area contributed by atoms with Gasteiger partial charge in [-0.15, -0.1) is 10.2 Å². The van der Waals surface area contributed by atoms with Gasteiger partial charge in [-0.3, -0.25) is 14.9 Å². The zero-order valence-electron chi connectivity index (χ0n) is 17.5. The second-order valence-electron chi connectivity index (χ2n) is 7.93. The predicted octanol–water partition coefficient (Wildman–Crippen LogP) is 4.45. The second-order valence-corrected chi connectivity index (χ2v) is 8.94. The Hall–Kier alpha value is -3.20. The maximum absolute atomic E-state index is 13.0. The normalized spacial score (nSPS) is 11.4. The molecule has 8 nitrogen and oxygen atoms in total. The van der Waals surface area contributed by atoms with Crippen LogP contribution < -0.4 is 4.90 Å². The quantitative estimate of drug-likeness (QED) is 0.443. The summed E-state index contributed by atoms with van der Waals surface area (Å²) in [7, 11) is 3.41. The minimum Gasteiger partial charge on any atom is -0.311 e. The number of aryl methyl sites for hydroxylation is 1. The van der Waals surface area contributed by atoms with E-state index in [2.05, 4.69) is 31.0 Å². The molecule has 0 aliphatic carbocycles. The maximum atomic E-state index is 13.0. The number of anilines is 1. The average Bonchev–Trinajstić information content (AvgIpc) is 3.11. The summed E-state index contributed by atoms with van der Waals surface area (Å²) >= 11 is 1.13. The largest absolute Gasteiger partial charge is 0.311 e. The van der Waals surface area contributed by atoms with Crippen molar-refractivity contribution < 1.29 is 9.72 Å². The molecule has 0 fully saturated rings. The van der Waals surface area contributed by atoms with E-state index in [1.165, 1.54) is 17.3 Å². The third kappa shape index (κ3) is 4.51. The number of rotatable bonds is 5. The SMILES string of the molecule is CN(C(=O)c1ccc(Sc2nncn2C)c([N+](=O)[O-])c1)c1ccc(C(C)(C)C)cc1. The molecule has 3 rings (SSSR count). The molecule has 0 aliphatic heterocycles. The van der Waals surface area contributed by atoms with Gasteiger partial charge in [-0.25, -0.2) is 0 Å². The van der Waals surface area contributed by atoms with Gasteiger partial charge in [0.1, 0.15) is 6.33 Å². The number of amides is 1. The van der Waals surface area contributed by atoms with E-state index in [-0.39, 0.29) is 22.6 Å². The van der Waals surface area contributed by atoms with Gasteiger partial charge in [-0.2, -0.15) is 0 Å². The smallest absolute Gasteiger partial charge is 0.284 e. The molecule has 0 saturated carbocycles. The first-order valence-corrected chi connectivity index (χ1v) is 10.1. The molecule has 9 heteroatoms. The third-order valence-corrected chi connectivity index (χ3v) is 5.82. The Kier molecular flexibility index (Phi) is 5.93. The van der Waals surface area contributed by atoms with Gasteiger partial charge >= 0.3 is 0 Å². The van der Waals surface area contributed by atoms with Crippen molar-refractivity contribution in [2.75, 3.05) is 11.9 Å². The molecule has 0 unspecified atom stereocenters. The molecule has 1 amide bonds. The van der Waals surface area contributed by atoms with Crippen LogP contribution in [0, 0.1) is 10.1 Å². The van der Waals surface area contributed by atoms with Crippen LogP contribution in [-0.4, -0.2) is 32.6 Å². The van der Waals surface area contributed by atoms with Gasteiger partial charge in [0.15, 0.2) is 5.16 Å². The highest BCUT2D eigenvalue weighted by molar-refractivity contribution is 7.99. The van der Waals surface area contributed by atoms with Crippen molar-refractivity contribution in [3.05, 3.63) is 70.0 Å². The van der Waals surface area contributed by atoms with Gasteiger partial charge in [-0.05, 0) is 47.0 Å². The molecule has 0 saturated heterocycles. The number of nitro benzene ring substituents is 1. The number of hydrogen-bond acceptors (Lipinski definition) is 6. The van der Waals surface area contributed by atoms with Crippen LogP contribution in [0.15, 0.2) is 58.8 Å². The van der Waals surface area contributed by atoms with Crippen molar-refractivity contribution in [1.29, 1.82) is 0 Å². The Morgan fingerprint density at radius 3 is 2.37 bits per heavy atom. The molecule has 0 N–H and O–H groups in total. The van der Waals surface area contributed by atoms with Crippen molar-refractivity contribution in [2.24, 2.45) is 7.05 Å². The monoisotopic (exact) mass is 425 g/mol. The first-order chi connectivity index (χ1) is 14.1. The van der Waals surface area contributed by atoms with E-state index in [0.29, 0.717) is 15.7 Å². The number of hydrogen-bond donors (Lipinski definition) is 0. The predicted molar refractivity (Wildman–Crippen MR) is 116 cm³/mol. The Morgan fingerprint density at radius 1 is 1.17 bits per heavy atom. The fourth-order valence-corrected chi connectivity index (χ4v) is 3.69. The molecule has 156 valence electrons. The molecular formula is C21H23N5O3S. The summed E-state index contributed by atoms with van der Waals surface area (Å²) in [6, 6.07) is 12.2. The van der Waals surface area contributed by atoms with Crippen molar-refractivity contribution >= 4 is 29.0 Å². The summed E-state index contributed by atoms with van der Waals surface area (Å²) in [4.78, 5) is 25.9. The maximum Gasteiger partial charge on any atom is 0.284 e. The Labute approximate surface area is 179 Å². The Morgan fingerprint density at radius 2 is 1.83 bits per heavy atom. The molecule has 0 radical (unpaired) electrons. The molecule has 0 bridgehead atoms. The zero-order valence-corrected chi connectivity index (χ0v) is 18.3. The first-order valence-electron chi connectivity index (χ1n) is 9.27. The highest BCUT2D eigenvalue weighted by Crippen LogP contribution is 2.34. The third-order valence-electron chi connectivity index (χ3n) is 4.70. The van der Waals surface area contributed by atoms with Crippen LogP contribution in [0.2, 0.25) is 0 Å². The van der Waals surface area contributed by atoms with Crippen LogP contribution in [0.25, 0.3) is 0 Å². The van der Waals surface area contributed by atoms with Crippen LogP contribution in [-0.2, 0) is 12.5 Å². The molecular weight excluding hydrogens is 402 g/mol. The van der Waals surface area contributed by atoms with Gasteiger partial charge in [0.2, 0.25) is 0 Å². The van der Waals surface area contributed by atoms with E-state index in [1.54, 1.807) is 30.8 Å². The molecule has 1 aromatic heterocycles. The molecule has 0 aliphatic rings. The van der Waals surface area contributed by atoms with Crippen LogP contribution in [0.3, 0.4) is 0 Å². The van der Waals surface area contributed by atoms with E-state index in [9.17, 15) is 14.9 Å². The summed E-state index contributed by atoms with van der Waals surface area (Å²) in [6.07, 6.45) is 1.52. The number of benzene rings is 2. The fourth-order valence-electron chi connectivity index (χ4n) is 2.84. The van der Waals surface area contributed by atoms with Gasteiger partial charge in [0.25, 0.3) is 11.6 Å². The fraction of sp³-hybridized carbons (Fsp3) is 0.286. The lowest BCUT2D eigenvalue weighted by molar-refractivity contribution is -0.387. The standard InChI is InChI=1S/C21H23N5O3S/c1-21(2,3)15-7-9-16(10-8-15)25(5)19(27)14-6-11-18(17(12-14)26(28)29)30-20-23-22-13-24(20)4/h6-13H,1-5H3. The van der Waals surface area contributed by atoms with Gasteiger partial charge in [0.05, 0.1) is 9.82 Å². The first kappa shape index (κ1) is 21.5. The molecule has 3 aromatic rings. The highest BCUT2D eigenvalue weighted by atomic mass is 32.2. The summed E-state index contributed by atoms with van der Waals surface area (Å²) in [5.41, 5.74) is 1.98. The highest BCUT2D eigenvalue weighted by Gasteiger charge is 2.22. The minimum absolute atomic E-state index is 0.0118. The lowest BCUT2D eigenvalue weighted by atomic mass is 9.87. The Bertz CT molecular complexity index is 1090. The van der Waals surface area contributed by atoms with Crippen molar-refractivity contribution in [1.82, 2.24) is 14.8 Å². The van der Waals surface area contributed by atoms with Crippen molar-refractivity contribution in [3.63, 3.8) is 0 Å². The van der Waals surface area contributed by atoms with Crippen LogP contribution in [0.4, 0.5) is 11.4 Å².